The van der Waals surface area contributed by atoms with E-state index in [9.17, 15) is 8.42 Å². The number of nitrogens with zero attached hydrogens (tertiary/aromatic N) is 2. The predicted octanol–water partition coefficient (Wildman–Crippen LogP) is 3.39. The molecule has 0 bridgehead atoms. The van der Waals surface area contributed by atoms with Gasteiger partial charge in [0.05, 0.1) is 6.54 Å². The Morgan fingerprint density at radius 3 is 2.61 bits per heavy atom. The molecule has 5 nitrogen and oxygen atoms in total. The van der Waals surface area contributed by atoms with Crippen molar-refractivity contribution in [3.05, 3.63) is 77.8 Å². The number of rotatable bonds is 5. The molecule has 0 aliphatic rings. The number of pyridine rings is 1. The van der Waals surface area contributed by atoms with E-state index in [0.717, 1.165) is 5.56 Å². The van der Waals surface area contributed by atoms with Crippen LogP contribution in [-0.2, 0) is 16.6 Å². The molecule has 0 aliphatic carbocycles. The summed E-state index contributed by atoms with van der Waals surface area (Å²) in [6, 6.07) is 14.0. The molecule has 0 fully saturated rings. The third-order valence-electron chi connectivity index (χ3n) is 3.25. The Balaban J connectivity index is 1.80. The van der Waals surface area contributed by atoms with Gasteiger partial charge >= 0.3 is 0 Å². The number of aromatic nitrogens is 2. The second kappa shape index (κ2) is 6.44. The first kappa shape index (κ1) is 15.6. The minimum absolute atomic E-state index is 0.196. The zero-order chi connectivity index (χ0) is 16.3. The largest absolute Gasteiger partial charge is 0.348 e. The van der Waals surface area contributed by atoms with Crippen molar-refractivity contribution in [2.45, 2.75) is 11.4 Å². The highest BCUT2D eigenvalue weighted by molar-refractivity contribution is 7.92. The fraction of sp³-hybridized carbons (Fsp3) is 0.0625. The number of halogens is 1. The van der Waals surface area contributed by atoms with E-state index >= 15 is 0 Å². The van der Waals surface area contributed by atoms with Crippen LogP contribution in [0.15, 0.2) is 72.0 Å². The van der Waals surface area contributed by atoms with Crippen LogP contribution in [0.4, 0.5) is 5.69 Å². The second-order valence-electron chi connectivity index (χ2n) is 4.94. The number of nitrogens with one attached hydrogen (secondary N) is 1. The van der Waals surface area contributed by atoms with E-state index in [4.69, 9.17) is 11.6 Å². The van der Waals surface area contributed by atoms with Crippen LogP contribution in [0.25, 0.3) is 0 Å². The highest BCUT2D eigenvalue weighted by Gasteiger charge is 2.15. The molecule has 0 saturated carbocycles. The third kappa shape index (κ3) is 3.72. The molecule has 0 spiro atoms. The van der Waals surface area contributed by atoms with E-state index in [1.165, 1.54) is 0 Å². The molecule has 3 aromatic rings. The van der Waals surface area contributed by atoms with Crippen molar-refractivity contribution in [1.29, 1.82) is 0 Å². The lowest BCUT2D eigenvalue weighted by atomic mass is 10.3. The Labute approximate surface area is 139 Å². The minimum atomic E-state index is -3.61. The smallest absolute Gasteiger partial charge is 0.263 e. The molecule has 2 aromatic heterocycles. The fourth-order valence-electron chi connectivity index (χ4n) is 2.13. The molecule has 0 radical (unpaired) electrons. The zero-order valence-corrected chi connectivity index (χ0v) is 13.6. The summed E-state index contributed by atoms with van der Waals surface area (Å²) in [4.78, 5) is 4.20. The van der Waals surface area contributed by atoms with E-state index in [2.05, 4.69) is 9.71 Å². The summed E-state index contributed by atoms with van der Waals surface area (Å²) in [5.41, 5.74) is 1.35. The molecule has 7 heteroatoms. The molecule has 0 amide bonds. The van der Waals surface area contributed by atoms with Crippen molar-refractivity contribution in [3.8, 4) is 0 Å². The molecule has 3 rings (SSSR count). The van der Waals surface area contributed by atoms with Gasteiger partial charge in [-0.1, -0.05) is 35.9 Å². The highest BCUT2D eigenvalue weighted by atomic mass is 35.5. The Morgan fingerprint density at radius 1 is 1.09 bits per heavy atom. The van der Waals surface area contributed by atoms with Gasteiger partial charge in [0.1, 0.15) is 10.0 Å². The van der Waals surface area contributed by atoms with Crippen molar-refractivity contribution < 1.29 is 8.42 Å². The third-order valence-corrected chi connectivity index (χ3v) is 4.96. The summed E-state index contributed by atoms with van der Waals surface area (Å²) in [7, 11) is -3.61. The summed E-state index contributed by atoms with van der Waals surface area (Å²) in [5, 5.41) is 0.410. The van der Waals surface area contributed by atoms with Crippen molar-refractivity contribution in [2.75, 3.05) is 4.72 Å². The second-order valence-corrected chi connectivity index (χ2v) is 6.98. The van der Waals surface area contributed by atoms with Gasteiger partial charge < -0.3 is 4.57 Å². The van der Waals surface area contributed by atoms with Crippen LogP contribution in [0.5, 0.6) is 0 Å². The molecule has 0 unspecified atom stereocenters. The lowest BCUT2D eigenvalue weighted by Crippen LogP contribution is -2.12. The van der Waals surface area contributed by atoms with Crippen LogP contribution in [0.1, 0.15) is 5.56 Å². The van der Waals surface area contributed by atoms with E-state index < -0.39 is 10.0 Å². The predicted molar refractivity (Wildman–Crippen MR) is 90.0 cm³/mol. The number of sulfonamides is 1. The van der Waals surface area contributed by atoms with Crippen LogP contribution in [-0.4, -0.2) is 18.0 Å². The molecular formula is C16H14ClN3O2S. The number of para-hydroxylation sites is 1. The average Bonchev–Trinajstić information content (AvgIpc) is 3.00. The van der Waals surface area contributed by atoms with Gasteiger partial charge in [0, 0.05) is 29.8 Å². The Hall–Kier alpha value is -2.31. The lowest BCUT2D eigenvalue weighted by molar-refractivity contribution is 0.601. The Kier molecular flexibility index (Phi) is 4.36. The molecule has 1 aromatic carbocycles. The maximum atomic E-state index is 12.4. The van der Waals surface area contributed by atoms with Gasteiger partial charge in [0.15, 0.2) is 0 Å². The zero-order valence-electron chi connectivity index (χ0n) is 12.1. The summed E-state index contributed by atoms with van der Waals surface area (Å²) < 4.78 is 29.0. The topological polar surface area (TPSA) is 64.0 Å². The van der Waals surface area contributed by atoms with Gasteiger partial charge in [0.25, 0.3) is 10.0 Å². The number of hydrogen-bond acceptors (Lipinski definition) is 3. The normalized spacial score (nSPS) is 11.3. The number of hydrogen-bond donors (Lipinski definition) is 1. The fourth-order valence-corrected chi connectivity index (χ4v) is 3.39. The summed E-state index contributed by atoms with van der Waals surface area (Å²) >= 11 is 6.02. The molecule has 2 heterocycles. The van der Waals surface area contributed by atoms with Gasteiger partial charge in [-0.3, -0.25) is 4.72 Å². The maximum Gasteiger partial charge on any atom is 0.263 e. The first-order valence-corrected chi connectivity index (χ1v) is 8.74. The van der Waals surface area contributed by atoms with Crippen LogP contribution in [0.2, 0.25) is 5.15 Å². The SMILES string of the molecule is O=S(=O)(Nc1ccccc1)c1ccn(Cc2cccnc2Cl)c1. The molecule has 23 heavy (non-hydrogen) atoms. The van der Waals surface area contributed by atoms with Crippen molar-refractivity contribution in [2.24, 2.45) is 0 Å². The molecule has 0 saturated heterocycles. The van der Waals surface area contributed by atoms with Gasteiger partial charge in [-0.25, -0.2) is 13.4 Å². The molecular weight excluding hydrogens is 334 g/mol. The maximum absolute atomic E-state index is 12.4. The molecule has 118 valence electrons. The lowest BCUT2D eigenvalue weighted by Gasteiger charge is -2.06. The quantitative estimate of drug-likeness (QED) is 0.719. The van der Waals surface area contributed by atoms with E-state index in [1.54, 1.807) is 59.6 Å². The van der Waals surface area contributed by atoms with Gasteiger partial charge in [0.2, 0.25) is 0 Å². The van der Waals surface area contributed by atoms with Crippen molar-refractivity contribution >= 4 is 27.3 Å². The number of anilines is 1. The number of benzene rings is 1. The van der Waals surface area contributed by atoms with E-state index in [-0.39, 0.29) is 4.90 Å². The van der Waals surface area contributed by atoms with Crippen molar-refractivity contribution in [3.63, 3.8) is 0 Å². The molecule has 0 aliphatic heterocycles. The standard InChI is InChI=1S/C16H14ClN3O2S/c17-16-13(5-4-9-18-16)11-20-10-8-15(12-20)23(21,22)19-14-6-2-1-3-7-14/h1-10,12,19H,11H2. The van der Waals surface area contributed by atoms with E-state index in [1.807, 2.05) is 12.1 Å². The molecule has 0 atom stereocenters. The van der Waals surface area contributed by atoms with Gasteiger partial charge in [-0.2, -0.15) is 0 Å². The monoisotopic (exact) mass is 347 g/mol. The van der Waals surface area contributed by atoms with Crippen molar-refractivity contribution in [1.82, 2.24) is 9.55 Å². The van der Waals surface area contributed by atoms with Crippen LogP contribution >= 0.6 is 11.6 Å². The van der Waals surface area contributed by atoms with Crippen LogP contribution in [0.3, 0.4) is 0 Å². The van der Waals surface area contributed by atoms with Crippen LogP contribution < -0.4 is 4.72 Å². The summed E-state index contributed by atoms with van der Waals surface area (Å²) in [6.07, 6.45) is 4.87. The van der Waals surface area contributed by atoms with E-state index in [0.29, 0.717) is 17.4 Å². The Bertz CT molecular complexity index is 908. The average molecular weight is 348 g/mol. The van der Waals surface area contributed by atoms with Gasteiger partial charge in [-0.05, 0) is 24.3 Å². The summed E-state index contributed by atoms with van der Waals surface area (Å²) in [6.45, 7) is 0.452. The summed E-state index contributed by atoms with van der Waals surface area (Å²) in [5.74, 6) is 0. The van der Waals surface area contributed by atoms with Gasteiger partial charge in [-0.15, -0.1) is 0 Å². The highest BCUT2D eigenvalue weighted by Crippen LogP contribution is 2.18. The first-order valence-electron chi connectivity index (χ1n) is 6.88. The van der Waals surface area contributed by atoms with Crippen LogP contribution in [0, 0.1) is 0 Å². The first-order chi connectivity index (χ1) is 11.0. The Morgan fingerprint density at radius 2 is 1.87 bits per heavy atom. The minimum Gasteiger partial charge on any atom is -0.348 e. The molecule has 1 N–H and O–H groups in total.